The zero-order chi connectivity index (χ0) is 22.0. The van der Waals surface area contributed by atoms with Crippen molar-refractivity contribution in [1.82, 2.24) is 14.7 Å². The molecule has 1 aromatic heterocycles. The second kappa shape index (κ2) is 8.69. The summed E-state index contributed by atoms with van der Waals surface area (Å²) in [4.78, 5) is 39.5. The lowest BCUT2D eigenvalue weighted by Crippen LogP contribution is -2.39. The van der Waals surface area contributed by atoms with E-state index >= 15 is 0 Å². The molecule has 1 aliphatic rings. The maximum atomic E-state index is 13.2. The first-order valence-electron chi connectivity index (χ1n) is 10.4. The maximum Gasteiger partial charge on any atom is 0.276 e. The van der Waals surface area contributed by atoms with Gasteiger partial charge in [0.15, 0.2) is 5.69 Å². The van der Waals surface area contributed by atoms with E-state index in [0.29, 0.717) is 29.5 Å². The van der Waals surface area contributed by atoms with Gasteiger partial charge in [-0.3, -0.25) is 19.3 Å². The Bertz CT molecular complexity index is 1200. The molecule has 8 heteroatoms. The number of nitrogens with zero attached hydrogens (tertiary/aromatic N) is 3. The molecule has 3 N–H and O–H groups in total. The van der Waals surface area contributed by atoms with Crippen molar-refractivity contribution >= 4 is 28.3 Å². The molecule has 4 rings (SSSR count). The highest BCUT2D eigenvalue weighted by Crippen LogP contribution is 2.24. The average molecular weight is 419 g/mol. The van der Waals surface area contributed by atoms with Crippen LogP contribution < -0.4 is 16.6 Å². The van der Waals surface area contributed by atoms with Gasteiger partial charge < -0.3 is 11.1 Å². The van der Waals surface area contributed by atoms with Gasteiger partial charge in [-0.2, -0.15) is 5.10 Å². The van der Waals surface area contributed by atoms with Crippen LogP contribution in [-0.4, -0.2) is 39.1 Å². The van der Waals surface area contributed by atoms with E-state index in [4.69, 9.17) is 5.73 Å². The van der Waals surface area contributed by atoms with Crippen molar-refractivity contribution in [3.63, 3.8) is 0 Å². The number of aryl methyl sites for hydroxylation is 1. The quantitative estimate of drug-likeness (QED) is 0.636. The van der Waals surface area contributed by atoms with Gasteiger partial charge in [0.2, 0.25) is 5.91 Å². The summed E-state index contributed by atoms with van der Waals surface area (Å²) in [6, 6.07) is 14.2. The van der Waals surface area contributed by atoms with Crippen molar-refractivity contribution in [3.05, 3.63) is 70.1 Å². The van der Waals surface area contributed by atoms with Crippen LogP contribution in [0.15, 0.2) is 53.3 Å². The van der Waals surface area contributed by atoms with Crippen LogP contribution >= 0.6 is 0 Å². The van der Waals surface area contributed by atoms with Gasteiger partial charge in [0.05, 0.1) is 11.4 Å². The van der Waals surface area contributed by atoms with Crippen molar-refractivity contribution in [2.75, 3.05) is 11.9 Å². The number of aromatic nitrogens is 2. The number of carbonyl (C=O) groups is 2. The molecule has 0 radical (unpaired) electrons. The number of hydrogen-bond donors (Lipinski definition) is 2. The first-order chi connectivity index (χ1) is 15.0. The van der Waals surface area contributed by atoms with E-state index in [1.807, 2.05) is 36.1 Å². The fraction of sp³-hybridized carbons (Fsp3) is 0.304. The van der Waals surface area contributed by atoms with E-state index in [0.717, 1.165) is 24.9 Å². The maximum absolute atomic E-state index is 13.2. The number of para-hydroxylation sites is 1. The van der Waals surface area contributed by atoms with Crippen LogP contribution in [0.2, 0.25) is 0 Å². The number of nitrogens with one attached hydrogen (secondary N) is 1. The number of anilines is 1. The lowest BCUT2D eigenvalue weighted by atomic mass is 10.1. The highest BCUT2D eigenvalue weighted by atomic mass is 16.2. The fourth-order valence-electron chi connectivity index (χ4n) is 4.14. The second-order valence-electron chi connectivity index (χ2n) is 7.66. The van der Waals surface area contributed by atoms with Crippen LogP contribution in [0.4, 0.5) is 5.69 Å². The predicted molar refractivity (Wildman–Crippen MR) is 119 cm³/mol. The largest absolute Gasteiger partial charge is 0.368 e. The number of likely N-dealkylation sites (tertiary alicyclic amines) is 1. The lowest BCUT2D eigenvalue weighted by Gasteiger charge is -2.23. The highest BCUT2D eigenvalue weighted by Gasteiger charge is 2.29. The summed E-state index contributed by atoms with van der Waals surface area (Å²) in [5, 5.41) is 8.22. The van der Waals surface area contributed by atoms with E-state index in [2.05, 4.69) is 10.4 Å². The first-order valence-corrected chi connectivity index (χ1v) is 10.4. The second-order valence-corrected chi connectivity index (χ2v) is 7.66. The molecule has 0 bridgehead atoms. The summed E-state index contributed by atoms with van der Waals surface area (Å²) in [5.74, 6) is -0.713. The Morgan fingerprint density at radius 2 is 1.84 bits per heavy atom. The molecular formula is C23H25N5O3. The number of benzene rings is 2. The standard InChI is InChI=1S/C23H25N5O3/c1-2-28-23(31)17-10-5-4-9-16(17)20(26-28)22(30)25-18-11-6-3-8-15(18)14-27-13-7-12-19(27)21(24)29/h3-6,8-11,19H,2,7,12-14H2,1H3,(H2,24,29)(H,25,30). The van der Waals surface area contributed by atoms with E-state index in [9.17, 15) is 14.4 Å². The van der Waals surface area contributed by atoms with E-state index in [1.165, 1.54) is 4.68 Å². The lowest BCUT2D eigenvalue weighted by molar-refractivity contribution is -0.122. The Hall–Kier alpha value is -3.52. The molecule has 1 atom stereocenters. The molecule has 160 valence electrons. The monoisotopic (exact) mass is 419 g/mol. The Labute approximate surface area is 179 Å². The van der Waals surface area contributed by atoms with Crippen molar-refractivity contribution < 1.29 is 9.59 Å². The minimum Gasteiger partial charge on any atom is -0.368 e. The summed E-state index contributed by atoms with van der Waals surface area (Å²) < 4.78 is 1.30. The van der Waals surface area contributed by atoms with Gasteiger partial charge in [-0.25, -0.2) is 4.68 Å². The molecule has 8 nitrogen and oxygen atoms in total. The zero-order valence-corrected chi connectivity index (χ0v) is 17.4. The van der Waals surface area contributed by atoms with Crippen molar-refractivity contribution in [3.8, 4) is 0 Å². The third-order valence-corrected chi connectivity index (χ3v) is 5.71. The molecule has 31 heavy (non-hydrogen) atoms. The SMILES string of the molecule is CCn1nc(C(=O)Nc2ccccc2CN2CCCC2C(N)=O)c2ccccc2c1=O. The molecule has 1 aliphatic heterocycles. The predicted octanol–water partition coefficient (Wildman–Crippen LogP) is 2.12. The number of hydrogen-bond acceptors (Lipinski definition) is 5. The molecule has 2 amide bonds. The minimum atomic E-state index is -0.390. The Morgan fingerprint density at radius 1 is 1.13 bits per heavy atom. The minimum absolute atomic E-state index is 0.197. The van der Waals surface area contributed by atoms with Gasteiger partial charge in [-0.15, -0.1) is 0 Å². The fourth-order valence-corrected chi connectivity index (χ4v) is 4.14. The Balaban J connectivity index is 1.66. The van der Waals surface area contributed by atoms with E-state index < -0.39 is 5.91 Å². The van der Waals surface area contributed by atoms with Crippen LogP contribution in [0.5, 0.6) is 0 Å². The normalized spacial score (nSPS) is 16.5. The Morgan fingerprint density at radius 3 is 2.58 bits per heavy atom. The van der Waals surface area contributed by atoms with Gasteiger partial charge in [0.1, 0.15) is 0 Å². The first kappa shape index (κ1) is 20.7. The number of rotatable bonds is 6. The molecule has 2 aromatic carbocycles. The van der Waals surface area contributed by atoms with Crippen molar-refractivity contribution in [2.24, 2.45) is 5.73 Å². The number of nitrogens with two attached hydrogens (primary N) is 1. The summed E-state index contributed by atoms with van der Waals surface area (Å²) >= 11 is 0. The molecule has 3 aromatic rings. The third-order valence-electron chi connectivity index (χ3n) is 5.71. The molecule has 0 saturated carbocycles. The van der Waals surface area contributed by atoms with Crippen LogP contribution in [0.25, 0.3) is 10.8 Å². The molecule has 1 saturated heterocycles. The van der Waals surface area contributed by atoms with Gasteiger partial charge in [-0.05, 0) is 44.0 Å². The number of primary amides is 1. The van der Waals surface area contributed by atoms with Gasteiger partial charge in [0, 0.05) is 24.2 Å². The van der Waals surface area contributed by atoms with Crippen molar-refractivity contribution in [2.45, 2.75) is 38.9 Å². The molecule has 1 fully saturated rings. The van der Waals surface area contributed by atoms with Crippen LogP contribution in [0.3, 0.4) is 0 Å². The van der Waals surface area contributed by atoms with E-state index in [1.54, 1.807) is 24.3 Å². The number of fused-ring (bicyclic) bond motifs is 1. The Kier molecular flexibility index (Phi) is 5.81. The summed E-state index contributed by atoms with van der Waals surface area (Å²) in [7, 11) is 0. The van der Waals surface area contributed by atoms with Crippen molar-refractivity contribution in [1.29, 1.82) is 0 Å². The van der Waals surface area contributed by atoms with Gasteiger partial charge >= 0.3 is 0 Å². The van der Waals surface area contributed by atoms with Crippen LogP contribution in [0.1, 0.15) is 35.8 Å². The summed E-state index contributed by atoms with van der Waals surface area (Å²) in [6.45, 7) is 3.46. The van der Waals surface area contributed by atoms with E-state index in [-0.39, 0.29) is 23.2 Å². The van der Waals surface area contributed by atoms with Crippen LogP contribution in [-0.2, 0) is 17.9 Å². The summed E-state index contributed by atoms with van der Waals surface area (Å²) in [6.07, 6.45) is 1.66. The van der Waals surface area contributed by atoms with Gasteiger partial charge in [0.25, 0.3) is 11.5 Å². The topological polar surface area (TPSA) is 110 Å². The zero-order valence-electron chi connectivity index (χ0n) is 17.4. The van der Waals surface area contributed by atoms with Crippen LogP contribution in [0, 0.1) is 0 Å². The molecule has 1 unspecified atom stereocenters. The number of amides is 2. The molecule has 0 aliphatic carbocycles. The molecule has 0 spiro atoms. The molecular weight excluding hydrogens is 394 g/mol. The number of carbonyl (C=O) groups excluding carboxylic acids is 2. The smallest absolute Gasteiger partial charge is 0.276 e. The average Bonchev–Trinajstić information content (AvgIpc) is 3.24. The summed E-state index contributed by atoms with van der Waals surface area (Å²) in [5.41, 5.74) is 7.05. The highest BCUT2D eigenvalue weighted by molar-refractivity contribution is 6.11. The van der Waals surface area contributed by atoms with Gasteiger partial charge in [-0.1, -0.05) is 36.4 Å². The third kappa shape index (κ3) is 4.06. The molecule has 2 heterocycles.